The minimum Gasteiger partial charge on any atom is -0.465 e. The molecule has 1 aromatic heterocycles. The van der Waals surface area contributed by atoms with E-state index in [0.29, 0.717) is 18.5 Å². The largest absolute Gasteiger partial charge is 0.465 e. The van der Waals surface area contributed by atoms with Gasteiger partial charge in [-0.1, -0.05) is 42.5 Å². The Labute approximate surface area is 169 Å². The van der Waals surface area contributed by atoms with E-state index in [-0.39, 0.29) is 5.97 Å². The molecular weight excluding hydrogens is 360 g/mol. The molecule has 0 fully saturated rings. The molecule has 4 nitrogen and oxygen atoms in total. The molecule has 0 saturated heterocycles. The Morgan fingerprint density at radius 3 is 2.66 bits per heavy atom. The summed E-state index contributed by atoms with van der Waals surface area (Å²) in [5, 5.41) is 12.5. The van der Waals surface area contributed by atoms with Gasteiger partial charge in [-0.05, 0) is 52.9 Å². The van der Waals surface area contributed by atoms with Crippen molar-refractivity contribution in [1.82, 2.24) is 4.57 Å². The fourth-order valence-corrected chi connectivity index (χ4v) is 3.84. The SMILES string of the molecule is COC(=O)c1ccc2c(c1)c(CCc1ccc3ccccc3c1)cn2CCC#N. The van der Waals surface area contributed by atoms with Crippen LogP contribution in [0.15, 0.2) is 66.9 Å². The number of rotatable bonds is 6. The Hall–Kier alpha value is -3.58. The first-order chi connectivity index (χ1) is 14.2. The molecule has 3 aromatic carbocycles. The predicted molar refractivity (Wildman–Crippen MR) is 115 cm³/mol. The Kier molecular flexibility index (Phi) is 5.31. The van der Waals surface area contributed by atoms with E-state index in [1.54, 1.807) is 6.07 Å². The minimum absolute atomic E-state index is 0.336. The number of hydrogen-bond donors (Lipinski definition) is 0. The van der Waals surface area contributed by atoms with Crippen LogP contribution < -0.4 is 0 Å². The van der Waals surface area contributed by atoms with Crippen LogP contribution in [0.25, 0.3) is 21.7 Å². The van der Waals surface area contributed by atoms with Gasteiger partial charge >= 0.3 is 5.97 Å². The van der Waals surface area contributed by atoms with Crippen molar-refractivity contribution >= 4 is 27.6 Å². The van der Waals surface area contributed by atoms with E-state index in [9.17, 15) is 4.79 Å². The number of carbonyl (C=O) groups excluding carboxylic acids is 1. The third-order valence-corrected chi connectivity index (χ3v) is 5.35. The number of esters is 1. The Morgan fingerprint density at radius 1 is 1.03 bits per heavy atom. The van der Waals surface area contributed by atoms with Crippen LogP contribution in [0.2, 0.25) is 0 Å². The highest BCUT2D eigenvalue weighted by Crippen LogP contribution is 2.26. The van der Waals surface area contributed by atoms with Gasteiger partial charge in [0.1, 0.15) is 0 Å². The first kappa shape index (κ1) is 18.8. The highest BCUT2D eigenvalue weighted by molar-refractivity contribution is 5.96. The Morgan fingerprint density at radius 2 is 1.86 bits per heavy atom. The van der Waals surface area contributed by atoms with Gasteiger partial charge in [0.15, 0.2) is 0 Å². The molecule has 0 aliphatic heterocycles. The van der Waals surface area contributed by atoms with E-state index in [4.69, 9.17) is 10.00 Å². The van der Waals surface area contributed by atoms with Crippen LogP contribution in [0.3, 0.4) is 0 Å². The molecule has 29 heavy (non-hydrogen) atoms. The molecule has 0 spiro atoms. The van der Waals surface area contributed by atoms with Crippen molar-refractivity contribution in [3.63, 3.8) is 0 Å². The highest BCUT2D eigenvalue weighted by atomic mass is 16.5. The standard InChI is InChI=1S/C25H22N2O2/c1-29-25(28)21-11-12-24-23(16-21)22(17-27(24)14-4-13-26)10-8-18-7-9-19-5-2-3-6-20(19)15-18/h2-3,5-7,9,11-12,15-17H,4,8,10,14H2,1H3. The lowest BCUT2D eigenvalue weighted by molar-refractivity contribution is 0.0601. The second kappa shape index (κ2) is 8.20. The average molecular weight is 382 g/mol. The van der Waals surface area contributed by atoms with E-state index in [1.165, 1.54) is 29.0 Å². The zero-order valence-corrected chi connectivity index (χ0v) is 16.4. The Bertz CT molecular complexity index is 1230. The molecule has 4 aromatic rings. The molecule has 144 valence electrons. The van der Waals surface area contributed by atoms with Crippen molar-refractivity contribution < 1.29 is 9.53 Å². The topological polar surface area (TPSA) is 55.0 Å². The lowest BCUT2D eigenvalue weighted by Crippen LogP contribution is -2.01. The van der Waals surface area contributed by atoms with Gasteiger partial charge in [0, 0.05) is 23.6 Å². The van der Waals surface area contributed by atoms with Crippen LogP contribution in [0.4, 0.5) is 0 Å². The summed E-state index contributed by atoms with van der Waals surface area (Å²) >= 11 is 0. The molecule has 0 aliphatic rings. The monoisotopic (exact) mass is 382 g/mol. The van der Waals surface area contributed by atoms with Gasteiger partial charge < -0.3 is 9.30 Å². The molecule has 0 N–H and O–H groups in total. The first-order valence-electron chi connectivity index (χ1n) is 9.74. The van der Waals surface area contributed by atoms with Crippen molar-refractivity contribution in [3.8, 4) is 6.07 Å². The van der Waals surface area contributed by atoms with Crippen molar-refractivity contribution in [3.05, 3.63) is 83.6 Å². The lowest BCUT2D eigenvalue weighted by atomic mass is 10.0. The molecule has 0 amide bonds. The molecule has 1 heterocycles. The van der Waals surface area contributed by atoms with Gasteiger partial charge in [0.25, 0.3) is 0 Å². The zero-order chi connectivity index (χ0) is 20.2. The van der Waals surface area contributed by atoms with Crippen LogP contribution in [0.5, 0.6) is 0 Å². The number of aryl methyl sites for hydroxylation is 3. The van der Waals surface area contributed by atoms with Crippen LogP contribution >= 0.6 is 0 Å². The molecular formula is C25H22N2O2. The maximum atomic E-state index is 12.0. The van der Waals surface area contributed by atoms with Crippen LogP contribution in [0, 0.1) is 11.3 Å². The first-order valence-corrected chi connectivity index (χ1v) is 9.74. The average Bonchev–Trinajstić information content (AvgIpc) is 3.12. The molecule has 0 aliphatic carbocycles. The third kappa shape index (κ3) is 3.86. The summed E-state index contributed by atoms with van der Waals surface area (Å²) in [6.07, 6.45) is 4.33. The highest BCUT2D eigenvalue weighted by Gasteiger charge is 2.13. The number of ether oxygens (including phenoxy) is 1. The smallest absolute Gasteiger partial charge is 0.337 e. The number of hydrogen-bond acceptors (Lipinski definition) is 3. The number of nitriles is 1. The summed E-state index contributed by atoms with van der Waals surface area (Å²) in [6.45, 7) is 0.639. The van der Waals surface area contributed by atoms with Gasteiger partial charge in [0.05, 0.1) is 25.2 Å². The number of carbonyl (C=O) groups is 1. The molecule has 0 bridgehead atoms. The normalized spacial score (nSPS) is 10.9. The van der Waals surface area contributed by atoms with Crippen LogP contribution in [-0.2, 0) is 24.1 Å². The van der Waals surface area contributed by atoms with Gasteiger partial charge in [-0.3, -0.25) is 0 Å². The van der Waals surface area contributed by atoms with Gasteiger partial charge in [-0.2, -0.15) is 5.26 Å². The van der Waals surface area contributed by atoms with Crippen LogP contribution in [0.1, 0.15) is 27.9 Å². The lowest BCUT2D eigenvalue weighted by Gasteiger charge is -2.05. The summed E-state index contributed by atoms with van der Waals surface area (Å²) in [5.74, 6) is -0.336. The molecule has 0 unspecified atom stereocenters. The number of aromatic nitrogens is 1. The fraction of sp³-hybridized carbons (Fsp3) is 0.200. The third-order valence-electron chi connectivity index (χ3n) is 5.35. The van der Waals surface area contributed by atoms with Gasteiger partial charge in [-0.25, -0.2) is 4.79 Å². The molecule has 0 saturated carbocycles. The fourth-order valence-electron chi connectivity index (χ4n) is 3.84. The number of benzene rings is 3. The molecule has 0 radical (unpaired) electrons. The second-order valence-corrected chi connectivity index (χ2v) is 7.16. The number of methoxy groups -OCH3 is 1. The molecule has 4 rings (SSSR count). The minimum atomic E-state index is -0.336. The van der Waals surface area contributed by atoms with E-state index in [2.05, 4.69) is 59.3 Å². The predicted octanol–water partition coefficient (Wildman–Crippen LogP) is 5.28. The maximum absolute atomic E-state index is 12.0. The van der Waals surface area contributed by atoms with E-state index < -0.39 is 0 Å². The summed E-state index contributed by atoms with van der Waals surface area (Å²) in [7, 11) is 1.39. The quantitative estimate of drug-likeness (QED) is 0.426. The van der Waals surface area contributed by atoms with Crippen molar-refractivity contribution in [2.24, 2.45) is 0 Å². The number of fused-ring (bicyclic) bond motifs is 2. The van der Waals surface area contributed by atoms with Gasteiger partial charge in [0.2, 0.25) is 0 Å². The maximum Gasteiger partial charge on any atom is 0.337 e. The molecule has 4 heteroatoms. The summed E-state index contributed by atoms with van der Waals surface area (Å²) in [6, 6.07) is 22.8. The van der Waals surface area contributed by atoms with E-state index in [0.717, 1.165) is 23.7 Å². The van der Waals surface area contributed by atoms with E-state index in [1.807, 2.05) is 12.1 Å². The summed E-state index contributed by atoms with van der Waals surface area (Å²) in [5.41, 5.74) is 4.05. The van der Waals surface area contributed by atoms with Gasteiger partial charge in [-0.15, -0.1) is 0 Å². The van der Waals surface area contributed by atoms with E-state index >= 15 is 0 Å². The van der Waals surface area contributed by atoms with Crippen molar-refractivity contribution in [1.29, 1.82) is 5.26 Å². The molecule has 0 atom stereocenters. The second-order valence-electron chi connectivity index (χ2n) is 7.16. The van der Waals surface area contributed by atoms with Crippen LogP contribution in [-0.4, -0.2) is 17.6 Å². The van der Waals surface area contributed by atoms with Crippen molar-refractivity contribution in [2.75, 3.05) is 7.11 Å². The summed E-state index contributed by atoms with van der Waals surface area (Å²) in [4.78, 5) is 12.0. The number of nitrogens with zero attached hydrogens (tertiary/aromatic N) is 2. The van der Waals surface area contributed by atoms with Crippen molar-refractivity contribution in [2.45, 2.75) is 25.8 Å². The Balaban J connectivity index is 1.66. The summed E-state index contributed by atoms with van der Waals surface area (Å²) < 4.78 is 6.98. The zero-order valence-electron chi connectivity index (χ0n) is 16.4.